The number of rotatable bonds is 10. The monoisotopic (exact) mass is 502 g/mol. The molecule has 1 fully saturated rings. The second-order valence-corrected chi connectivity index (χ2v) is 9.48. The Labute approximate surface area is 212 Å². The molecule has 3 rings (SSSR count). The van der Waals surface area contributed by atoms with E-state index in [1.165, 1.54) is 12.9 Å². The van der Waals surface area contributed by atoms with E-state index >= 15 is 0 Å². The van der Waals surface area contributed by atoms with E-state index in [1.807, 2.05) is 39.8 Å². The molecule has 2 aromatic carbocycles. The largest absolute Gasteiger partial charge is 0.468 e. The molecule has 8 nitrogen and oxygen atoms in total. The van der Waals surface area contributed by atoms with Crippen LogP contribution in [0.2, 0.25) is 0 Å². The van der Waals surface area contributed by atoms with Gasteiger partial charge in [0.15, 0.2) is 0 Å². The molecule has 35 heavy (non-hydrogen) atoms. The first-order chi connectivity index (χ1) is 16.9. The van der Waals surface area contributed by atoms with Gasteiger partial charge in [-0.15, -0.1) is 0 Å². The van der Waals surface area contributed by atoms with Crippen LogP contribution in [-0.4, -0.2) is 85.5 Å². The summed E-state index contributed by atoms with van der Waals surface area (Å²) in [6.45, 7) is 3.87. The van der Waals surface area contributed by atoms with Gasteiger partial charge >= 0.3 is 5.97 Å². The fourth-order valence-corrected chi connectivity index (χ4v) is 4.13. The van der Waals surface area contributed by atoms with Crippen LogP contribution >= 0.6 is 11.8 Å². The lowest BCUT2D eigenvalue weighted by Crippen LogP contribution is -2.47. The van der Waals surface area contributed by atoms with Gasteiger partial charge in [0, 0.05) is 25.7 Å². The zero-order valence-corrected chi connectivity index (χ0v) is 21.8. The van der Waals surface area contributed by atoms with Crippen LogP contribution in [0, 0.1) is 0 Å². The maximum Gasteiger partial charge on any atom is 0.325 e. The number of likely N-dealkylation sites (tertiary alicyclic amines) is 1. The number of methoxy groups -OCH3 is 1. The van der Waals surface area contributed by atoms with E-state index in [4.69, 9.17) is 5.73 Å². The highest BCUT2D eigenvalue weighted by molar-refractivity contribution is 7.98. The highest BCUT2D eigenvalue weighted by Gasteiger charge is 2.30. The van der Waals surface area contributed by atoms with Crippen LogP contribution in [0.5, 0.6) is 0 Å². The van der Waals surface area contributed by atoms with Gasteiger partial charge in [0.05, 0.1) is 20.2 Å². The molecule has 3 N–H and O–H groups in total. The smallest absolute Gasteiger partial charge is 0.325 e. The number of amides is 2. The third-order valence-corrected chi connectivity index (χ3v) is 6.51. The molecule has 1 aliphatic heterocycles. The van der Waals surface area contributed by atoms with Crippen molar-refractivity contribution in [3.8, 4) is 0 Å². The van der Waals surface area contributed by atoms with Crippen LogP contribution in [0.25, 0.3) is 10.8 Å². The Hall–Kier alpha value is -2.62. The normalized spacial score (nSPS) is 15.0. The fraction of sp³-hybridized carbons (Fsp3) is 0.500. The number of carbonyl (C=O) groups is 3. The Morgan fingerprint density at radius 1 is 1.20 bits per heavy atom. The lowest BCUT2D eigenvalue weighted by molar-refractivity contribution is -0.141. The second kappa shape index (κ2) is 15.4. The maximum atomic E-state index is 12.5. The number of nitrogens with zero attached hydrogens (tertiary/aromatic N) is 2. The van der Waals surface area contributed by atoms with Crippen LogP contribution in [0.1, 0.15) is 25.3 Å². The summed E-state index contributed by atoms with van der Waals surface area (Å²) in [6.07, 6.45) is 3.90. The Morgan fingerprint density at radius 3 is 2.60 bits per heavy atom. The molecule has 9 heteroatoms. The Balaban J connectivity index is 0.00000100. The van der Waals surface area contributed by atoms with Crippen molar-refractivity contribution >= 4 is 40.3 Å². The molecule has 1 atom stereocenters. The number of carbonyl (C=O) groups excluding carboxylic acids is 3. The molecule has 0 saturated carbocycles. The number of thioether (sulfide) groups is 1. The first-order valence-corrected chi connectivity index (χ1v) is 13.3. The van der Waals surface area contributed by atoms with E-state index in [9.17, 15) is 14.4 Å². The van der Waals surface area contributed by atoms with Crippen molar-refractivity contribution in [2.45, 2.75) is 32.4 Å². The van der Waals surface area contributed by atoms with Gasteiger partial charge in [-0.1, -0.05) is 49.4 Å². The number of benzene rings is 2. The first-order valence-electron chi connectivity index (χ1n) is 11.9. The van der Waals surface area contributed by atoms with E-state index in [0.29, 0.717) is 19.6 Å². The van der Waals surface area contributed by atoms with Gasteiger partial charge in [0.1, 0.15) is 6.54 Å². The number of ether oxygens (including phenoxy) is 1. The number of hydrogen-bond donors (Lipinski definition) is 2. The van der Waals surface area contributed by atoms with E-state index in [1.54, 1.807) is 0 Å². The standard InChI is InChI=1S/C23H30N4O4.C3H8S/c1-31-23(30)13-25-21(28)16-26(15-19-9-5-11-27(19)22(29)12-24)14-18-8-4-7-17-6-2-3-10-20(17)18;1-3-4-2/h2-4,6-8,10,19H,5,9,11-16,24H2,1H3,(H,25,28);3H2,1-2H3. The van der Waals surface area contributed by atoms with Gasteiger partial charge in [-0.3, -0.25) is 19.3 Å². The number of nitrogens with two attached hydrogens (primary N) is 1. The molecule has 0 radical (unpaired) electrons. The fourth-order valence-electron chi connectivity index (χ4n) is 4.13. The number of nitrogens with one attached hydrogen (secondary N) is 1. The quantitative estimate of drug-likeness (QED) is 0.480. The Morgan fingerprint density at radius 2 is 1.91 bits per heavy atom. The SMILES string of the molecule is CCSC.COC(=O)CNC(=O)CN(Cc1cccc2ccccc12)CC1CCCN1C(=O)CN. The summed E-state index contributed by atoms with van der Waals surface area (Å²) >= 11 is 1.86. The summed E-state index contributed by atoms with van der Waals surface area (Å²) in [4.78, 5) is 39.9. The highest BCUT2D eigenvalue weighted by Crippen LogP contribution is 2.22. The van der Waals surface area contributed by atoms with Crippen molar-refractivity contribution in [1.29, 1.82) is 0 Å². The second-order valence-electron chi connectivity index (χ2n) is 8.33. The third-order valence-electron chi connectivity index (χ3n) is 5.93. The van der Waals surface area contributed by atoms with Gasteiger partial charge < -0.3 is 20.7 Å². The van der Waals surface area contributed by atoms with Crippen molar-refractivity contribution < 1.29 is 19.1 Å². The molecular weight excluding hydrogens is 464 g/mol. The molecule has 0 bridgehead atoms. The molecule has 2 aromatic rings. The molecule has 1 aliphatic rings. The van der Waals surface area contributed by atoms with Crippen molar-refractivity contribution in [1.82, 2.24) is 15.1 Å². The van der Waals surface area contributed by atoms with E-state index in [0.717, 1.165) is 29.2 Å². The summed E-state index contributed by atoms with van der Waals surface area (Å²) in [5.41, 5.74) is 6.68. The molecule has 1 saturated heterocycles. The van der Waals surface area contributed by atoms with Gasteiger partial charge in [0.25, 0.3) is 0 Å². The first kappa shape index (κ1) is 28.6. The predicted octanol–water partition coefficient (Wildman–Crippen LogP) is 2.25. The molecule has 1 unspecified atom stereocenters. The van der Waals surface area contributed by atoms with Crippen LogP contribution in [0.3, 0.4) is 0 Å². The Bertz CT molecular complexity index is 964. The number of hydrogen-bond acceptors (Lipinski definition) is 7. The van der Waals surface area contributed by atoms with Crippen LogP contribution in [-0.2, 0) is 25.7 Å². The van der Waals surface area contributed by atoms with Crippen LogP contribution in [0.15, 0.2) is 42.5 Å². The summed E-state index contributed by atoms with van der Waals surface area (Å²) < 4.78 is 4.59. The van der Waals surface area contributed by atoms with E-state index in [2.05, 4.69) is 47.5 Å². The molecule has 2 amide bonds. The minimum Gasteiger partial charge on any atom is -0.468 e. The van der Waals surface area contributed by atoms with Gasteiger partial charge in [-0.05, 0) is 41.2 Å². The predicted molar refractivity (Wildman–Crippen MR) is 142 cm³/mol. The van der Waals surface area contributed by atoms with Gasteiger partial charge in [-0.2, -0.15) is 11.8 Å². The third kappa shape index (κ3) is 9.16. The average Bonchev–Trinajstić information content (AvgIpc) is 3.35. The Kier molecular flexibility index (Phi) is 12.6. The number of esters is 1. The van der Waals surface area contributed by atoms with Crippen LogP contribution < -0.4 is 11.1 Å². The molecule has 1 heterocycles. The molecule has 192 valence electrons. The zero-order valence-electron chi connectivity index (χ0n) is 21.0. The van der Waals surface area contributed by atoms with Gasteiger partial charge in [0.2, 0.25) is 11.8 Å². The van der Waals surface area contributed by atoms with Crippen LogP contribution in [0.4, 0.5) is 0 Å². The van der Waals surface area contributed by atoms with Gasteiger partial charge in [-0.25, -0.2) is 0 Å². The van der Waals surface area contributed by atoms with Crippen molar-refractivity contribution in [2.24, 2.45) is 5.73 Å². The summed E-state index contributed by atoms with van der Waals surface area (Å²) in [6, 6.07) is 14.3. The van der Waals surface area contributed by atoms with Crippen molar-refractivity contribution in [3.63, 3.8) is 0 Å². The molecular formula is C26H38N4O4S. The molecule has 0 aliphatic carbocycles. The minimum absolute atomic E-state index is 0.0134. The summed E-state index contributed by atoms with van der Waals surface area (Å²) in [5, 5.41) is 4.87. The van der Waals surface area contributed by atoms with Crippen molar-refractivity contribution in [3.05, 3.63) is 48.0 Å². The topological polar surface area (TPSA) is 105 Å². The van der Waals surface area contributed by atoms with E-state index in [-0.39, 0.29) is 37.5 Å². The summed E-state index contributed by atoms with van der Waals surface area (Å²) in [5.74, 6) is 0.410. The molecule has 0 spiro atoms. The summed E-state index contributed by atoms with van der Waals surface area (Å²) in [7, 11) is 1.28. The minimum atomic E-state index is -0.496. The lowest BCUT2D eigenvalue weighted by atomic mass is 10.0. The maximum absolute atomic E-state index is 12.5. The van der Waals surface area contributed by atoms with E-state index < -0.39 is 5.97 Å². The lowest BCUT2D eigenvalue weighted by Gasteiger charge is -2.30. The van der Waals surface area contributed by atoms with Crippen molar-refractivity contribution in [2.75, 3.05) is 51.8 Å². The average molecular weight is 503 g/mol. The highest BCUT2D eigenvalue weighted by atomic mass is 32.2. The molecule has 0 aromatic heterocycles. The zero-order chi connectivity index (χ0) is 25.6. The number of fused-ring (bicyclic) bond motifs is 1.